The summed E-state index contributed by atoms with van der Waals surface area (Å²) in [5, 5.41) is 25.6. The van der Waals surface area contributed by atoms with Gasteiger partial charge in [-0.1, -0.05) is 0 Å². The standard InChI is InChI=1S/C19H24N4O3.CH2O2/c24-12-14(25)11-23-8-5-19(6-9-23)4-3-15-16(19)21-17(22-18(15)26)13-2-1-7-20-10-13;2-1-3/h1-2,7,10,14,24-25H,3-6,8-9,11-12H2,(H,21,22,26);1H,(H,2,3). The Bertz CT molecular complexity index is 878. The third-order valence-electron chi connectivity index (χ3n) is 5.80. The zero-order chi connectivity index (χ0) is 20.9. The van der Waals surface area contributed by atoms with Crippen LogP contribution in [-0.2, 0) is 16.6 Å². The van der Waals surface area contributed by atoms with E-state index < -0.39 is 6.10 Å². The normalized spacial score (nSPS) is 18.6. The lowest BCUT2D eigenvalue weighted by atomic mass is 9.76. The molecule has 1 saturated heterocycles. The first-order chi connectivity index (χ1) is 14.0. The molecule has 0 bridgehead atoms. The summed E-state index contributed by atoms with van der Waals surface area (Å²) in [6, 6.07) is 3.74. The van der Waals surface area contributed by atoms with Crippen LogP contribution in [0.5, 0.6) is 0 Å². The molecular formula is C20H26N4O5. The molecule has 1 aliphatic carbocycles. The number of aliphatic hydroxyl groups excluding tert-OH is 2. The summed E-state index contributed by atoms with van der Waals surface area (Å²) in [4.78, 5) is 35.0. The Morgan fingerprint density at radius 2 is 2.03 bits per heavy atom. The molecule has 1 spiro atoms. The van der Waals surface area contributed by atoms with E-state index in [0.29, 0.717) is 12.4 Å². The number of aliphatic hydroxyl groups is 2. The largest absolute Gasteiger partial charge is 0.483 e. The van der Waals surface area contributed by atoms with Crippen LogP contribution >= 0.6 is 0 Å². The molecule has 4 N–H and O–H groups in total. The van der Waals surface area contributed by atoms with E-state index in [1.54, 1.807) is 12.4 Å². The van der Waals surface area contributed by atoms with Crippen LogP contribution < -0.4 is 5.56 Å². The van der Waals surface area contributed by atoms with Crippen molar-refractivity contribution in [2.45, 2.75) is 37.2 Å². The fraction of sp³-hybridized carbons (Fsp3) is 0.500. The Morgan fingerprint density at radius 3 is 2.66 bits per heavy atom. The van der Waals surface area contributed by atoms with Crippen LogP contribution in [0.2, 0.25) is 0 Å². The van der Waals surface area contributed by atoms with Crippen molar-refractivity contribution in [3.63, 3.8) is 0 Å². The highest BCUT2D eigenvalue weighted by molar-refractivity contribution is 5.54. The molecule has 9 heteroatoms. The summed E-state index contributed by atoms with van der Waals surface area (Å²) in [6.07, 6.45) is 6.27. The van der Waals surface area contributed by atoms with Crippen LogP contribution in [0.25, 0.3) is 11.4 Å². The second-order valence-corrected chi connectivity index (χ2v) is 7.51. The molecule has 4 rings (SSSR count). The van der Waals surface area contributed by atoms with Gasteiger partial charge in [0.05, 0.1) is 18.4 Å². The zero-order valence-electron chi connectivity index (χ0n) is 16.1. The summed E-state index contributed by atoms with van der Waals surface area (Å²) >= 11 is 0. The second kappa shape index (κ2) is 9.25. The van der Waals surface area contributed by atoms with Gasteiger partial charge in [-0.05, 0) is 50.9 Å². The number of aromatic nitrogens is 3. The van der Waals surface area contributed by atoms with Crippen molar-refractivity contribution in [3.8, 4) is 11.4 Å². The van der Waals surface area contributed by atoms with Crippen molar-refractivity contribution in [1.29, 1.82) is 0 Å². The molecule has 2 aromatic rings. The molecule has 1 aliphatic heterocycles. The lowest BCUT2D eigenvalue weighted by Crippen LogP contribution is -2.45. The van der Waals surface area contributed by atoms with E-state index in [4.69, 9.17) is 20.0 Å². The fourth-order valence-electron chi connectivity index (χ4n) is 4.30. The minimum atomic E-state index is -0.696. The number of hydrogen-bond donors (Lipinski definition) is 4. The van der Waals surface area contributed by atoms with Gasteiger partial charge >= 0.3 is 0 Å². The predicted octanol–water partition coefficient (Wildman–Crippen LogP) is 0.166. The van der Waals surface area contributed by atoms with Gasteiger partial charge in [0, 0.05) is 35.5 Å². The molecular weight excluding hydrogens is 376 g/mol. The monoisotopic (exact) mass is 402 g/mol. The van der Waals surface area contributed by atoms with Crippen LogP contribution in [0.3, 0.4) is 0 Å². The highest BCUT2D eigenvalue weighted by Crippen LogP contribution is 2.44. The number of H-pyrrole nitrogens is 1. The number of nitrogens with zero attached hydrogens (tertiary/aromatic N) is 3. The number of carboxylic acid groups (broad SMARTS) is 1. The number of rotatable bonds is 4. The first kappa shape index (κ1) is 21.1. The molecule has 0 radical (unpaired) electrons. The maximum absolute atomic E-state index is 12.6. The van der Waals surface area contributed by atoms with Gasteiger partial charge < -0.3 is 25.2 Å². The van der Waals surface area contributed by atoms with E-state index in [-0.39, 0.29) is 24.1 Å². The first-order valence-electron chi connectivity index (χ1n) is 9.66. The van der Waals surface area contributed by atoms with Gasteiger partial charge in [0.15, 0.2) is 0 Å². The van der Waals surface area contributed by atoms with Crippen LogP contribution in [0.1, 0.15) is 30.5 Å². The van der Waals surface area contributed by atoms with Gasteiger partial charge in [-0.15, -0.1) is 0 Å². The van der Waals surface area contributed by atoms with Gasteiger partial charge in [-0.3, -0.25) is 14.6 Å². The van der Waals surface area contributed by atoms with Gasteiger partial charge in [-0.2, -0.15) is 0 Å². The topological polar surface area (TPSA) is 140 Å². The molecule has 0 aromatic carbocycles. The molecule has 3 heterocycles. The molecule has 9 nitrogen and oxygen atoms in total. The minimum absolute atomic E-state index is 0.0381. The summed E-state index contributed by atoms with van der Waals surface area (Å²) < 4.78 is 0. The number of fused-ring (bicyclic) bond motifs is 2. The maximum atomic E-state index is 12.6. The Hall–Kier alpha value is -2.62. The average molecular weight is 402 g/mol. The third kappa shape index (κ3) is 4.52. The van der Waals surface area contributed by atoms with E-state index in [1.165, 1.54) is 0 Å². The molecule has 2 aliphatic rings. The average Bonchev–Trinajstić information content (AvgIpc) is 3.10. The second-order valence-electron chi connectivity index (χ2n) is 7.51. The van der Waals surface area contributed by atoms with Gasteiger partial charge in [0.1, 0.15) is 5.82 Å². The number of likely N-dealkylation sites (tertiary alicyclic amines) is 1. The van der Waals surface area contributed by atoms with Gasteiger partial charge in [0.2, 0.25) is 0 Å². The number of nitrogens with one attached hydrogen (secondary N) is 1. The van der Waals surface area contributed by atoms with Crippen molar-refractivity contribution in [3.05, 3.63) is 46.1 Å². The molecule has 2 aromatic heterocycles. The number of piperidine rings is 1. The molecule has 0 saturated carbocycles. The van der Waals surface area contributed by atoms with E-state index in [2.05, 4.69) is 14.9 Å². The molecule has 0 amide bonds. The zero-order valence-corrected chi connectivity index (χ0v) is 16.1. The van der Waals surface area contributed by atoms with Crippen LogP contribution in [0.4, 0.5) is 0 Å². The summed E-state index contributed by atoms with van der Waals surface area (Å²) in [6.45, 7) is 1.71. The minimum Gasteiger partial charge on any atom is -0.483 e. The number of carbonyl (C=O) groups is 1. The quantitative estimate of drug-likeness (QED) is 0.531. The smallest absolute Gasteiger partial charge is 0.290 e. The number of β-amino-alcohol motifs (C(OH)–C–C–N with tert-alkyl or cyclic N) is 1. The van der Waals surface area contributed by atoms with E-state index in [1.807, 2.05) is 12.1 Å². The first-order valence-corrected chi connectivity index (χ1v) is 9.66. The van der Waals surface area contributed by atoms with Gasteiger partial charge in [0.25, 0.3) is 12.0 Å². The SMILES string of the molecule is O=CO.O=c1[nH]c(-c2cccnc2)nc2c1CCC21CCN(CC(O)CO)CC1. The van der Waals surface area contributed by atoms with Crippen LogP contribution in [0.15, 0.2) is 29.3 Å². The Labute approximate surface area is 168 Å². The molecule has 1 atom stereocenters. The number of aromatic amines is 1. The predicted molar refractivity (Wildman–Crippen MR) is 106 cm³/mol. The van der Waals surface area contributed by atoms with Crippen molar-refractivity contribution in [1.82, 2.24) is 19.9 Å². The van der Waals surface area contributed by atoms with Crippen LogP contribution in [-0.4, -0.2) is 74.0 Å². The fourth-order valence-corrected chi connectivity index (χ4v) is 4.30. The number of hydrogen-bond acceptors (Lipinski definition) is 7. The number of pyridine rings is 1. The van der Waals surface area contributed by atoms with E-state index >= 15 is 0 Å². The Balaban J connectivity index is 0.000000755. The maximum Gasteiger partial charge on any atom is 0.290 e. The third-order valence-corrected chi connectivity index (χ3v) is 5.80. The Kier molecular flexibility index (Phi) is 6.73. The van der Waals surface area contributed by atoms with Crippen molar-refractivity contribution in [2.75, 3.05) is 26.2 Å². The molecule has 29 heavy (non-hydrogen) atoms. The lowest BCUT2D eigenvalue weighted by Gasteiger charge is -2.40. The van der Waals surface area contributed by atoms with Crippen molar-refractivity contribution < 1.29 is 20.1 Å². The highest BCUT2D eigenvalue weighted by atomic mass is 16.3. The molecule has 1 unspecified atom stereocenters. The summed E-state index contributed by atoms with van der Waals surface area (Å²) in [5.41, 5.74) is 2.49. The lowest BCUT2D eigenvalue weighted by molar-refractivity contribution is -0.122. The van der Waals surface area contributed by atoms with E-state index in [0.717, 1.165) is 55.6 Å². The molecule has 1 fully saturated rings. The van der Waals surface area contributed by atoms with Crippen LogP contribution in [0, 0.1) is 0 Å². The summed E-state index contributed by atoms with van der Waals surface area (Å²) in [7, 11) is 0. The van der Waals surface area contributed by atoms with Crippen molar-refractivity contribution in [2.24, 2.45) is 0 Å². The molecule has 156 valence electrons. The summed E-state index contributed by atoms with van der Waals surface area (Å²) in [5.74, 6) is 0.584. The Morgan fingerprint density at radius 1 is 1.31 bits per heavy atom. The van der Waals surface area contributed by atoms with Crippen molar-refractivity contribution >= 4 is 6.47 Å². The van der Waals surface area contributed by atoms with E-state index in [9.17, 15) is 9.90 Å². The highest BCUT2D eigenvalue weighted by Gasteiger charge is 2.44. The van der Waals surface area contributed by atoms with Gasteiger partial charge in [-0.25, -0.2) is 4.98 Å².